The second-order valence-corrected chi connectivity index (χ2v) is 2.91. The Hall–Kier alpha value is -0.410. The maximum absolute atomic E-state index is 10.2. The molecule has 0 saturated carbocycles. The molecular weight excluding hydrogens is 142 g/mol. The van der Waals surface area contributed by atoms with Gasteiger partial charge in [0, 0.05) is 0 Å². The summed E-state index contributed by atoms with van der Waals surface area (Å²) in [5, 5.41) is 9.20. The molecule has 0 bridgehead atoms. The highest BCUT2D eigenvalue weighted by molar-refractivity contribution is 5.56. The molecule has 0 spiro atoms. The molecule has 2 unspecified atom stereocenters. The van der Waals surface area contributed by atoms with Crippen molar-refractivity contribution in [3.63, 3.8) is 0 Å². The van der Waals surface area contributed by atoms with E-state index in [9.17, 15) is 9.90 Å². The van der Waals surface area contributed by atoms with Crippen LogP contribution in [0.4, 0.5) is 0 Å². The van der Waals surface area contributed by atoms with Crippen LogP contribution in [-0.4, -0.2) is 24.0 Å². The average molecular weight is 159 g/mol. The lowest BCUT2D eigenvalue weighted by Gasteiger charge is -2.22. The van der Waals surface area contributed by atoms with Gasteiger partial charge in [0.05, 0.1) is 0 Å². The fourth-order valence-corrected chi connectivity index (χ4v) is 1.26. The number of aliphatic hydroxyl groups is 1. The van der Waals surface area contributed by atoms with E-state index in [4.69, 9.17) is 5.73 Å². The summed E-state index contributed by atoms with van der Waals surface area (Å²) in [6.07, 6.45) is 0.525. The van der Waals surface area contributed by atoms with Gasteiger partial charge in [-0.25, -0.2) is 0 Å². The minimum Gasteiger partial charge on any atom is -0.385 e. The molecule has 0 radical (unpaired) electrons. The van der Waals surface area contributed by atoms with Crippen LogP contribution < -0.4 is 5.73 Å². The molecule has 0 aliphatic carbocycles. The van der Waals surface area contributed by atoms with Crippen LogP contribution in [0.25, 0.3) is 0 Å². The van der Waals surface area contributed by atoms with E-state index in [1.807, 2.05) is 13.8 Å². The van der Waals surface area contributed by atoms with Gasteiger partial charge in [0.2, 0.25) is 0 Å². The van der Waals surface area contributed by atoms with Gasteiger partial charge in [-0.3, -0.25) is 0 Å². The monoisotopic (exact) mass is 159 g/mol. The van der Waals surface area contributed by atoms with Gasteiger partial charge in [0.25, 0.3) is 0 Å². The van der Waals surface area contributed by atoms with Gasteiger partial charge in [-0.2, -0.15) is 0 Å². The highest BCUT2D eigenvalue weighted by atomic mass is 16.3. The quantitative estimate of drug-likeness (QED) is 0.562. The Morgan fingerprint density at radius 1 is 1.64 bits per heavy atom. The van der Waals surface area contributed by atoms with Crippen LogP contribution in [0.5, 0.6) is 0 Å². The molecule has 66 valence electrons. The molecule has 3 N–H and O–H groups in total. The van der Waals surface area contributed by atoms with E-state index in [0.717, 1.165) is 6.42 Å². The van der Waals surface area contributed by atoms with E-state index >= 15 is 0 Å². The summed E-state index contributed by atoms with van der Waals surface area (Å²) in [4.78, 5) is 10.2. The molecule has 3 heteroatoms. The number of aldehydes is 1. The van der Waals surface area contributed by atoms with Gasteiger partial charge in [-0.15, -0.1) is 0 Å². The minimum atomic E-state index is -0.849. The molecule has 0 aliphatic heterocycles. The van der Waals surface area contributed by atoms with E-state index in [1.54, 1.807) is 0 Å². The Morgan fingerprint density at radius 3 is 2.45 bits per heavy atom. The topological polar surface area (TPSA) is 63.3 Å². The van der Waals surface area contributed by atoms with Crippen molar-refractivity contribution in [3.05, 3.63) is 0 Å². The molecule has 0 aromatic heterocycles. The van der Waals surface area contributed by atoms with Gasteiger partial charge in [-0.05, 0) is 18.4 Å². The Bertz CT molecular complexity index is 117. The third-order valence-corrected chi connectivity index (χ3v) is 2.15. The van der Waals surface area contributed by atoms with E-state index in [0.29, 0.717) is 12.8 Å². The average Bonchev–Trinajstić information content (AvgIpc) is 2.05. The van der Waals surface area contributed by atoms with E-state index < -0.39 is 6.10 Å². The number of rotatable bonds is 5. The molecule has 0 fully saturated rings. The third-order valence-electron chi connectivity index (χ3n) is 2.15. The van der Waals surface area contributed by atoms with E-state index in [-0.39, 0.29) is 11.8 Å². The van der Waals surface area contributed by atoms with Crippen molar-refractivity contribution in [1.29, 1.82) is 0 Å². The lowest BCUT2D eigenvalue weighted by atomic mass is 9.87. The standard InChI is InChI=1S/C8H17NO2/c1-3-7(6(2)4-9)8(11)5-10/h5-8,11H,3-4,9H2,1-2H3/t6?,7?,8-/m1/s1. The van der Waals surface area contributed by atoms with Crippen LogP contribution >= 0.6 is 0 Å². The Morgan fingerprint density at radius 2 is 2.18 bits per heavy atom. The number of carbonyl (C=O) groups excluding carboxylic acids is 1. The van der Waals surface area contributed by atoms with Crippen molar-refractivity contribution >= 4 is 6.29 Å². The maximum Gasteiger partial charge on any atom is 0.148 e. The smallest absolute Gasteiger partial charge is 0.148 e. The van der Waals surface area contributed by atoms with Crippen LogP contribution in [0.3, 0.4) is 0 Å². The number of hydrogen-bond donors (Lipinski definition) is 2. The van der Waals surface area contributed by atoms with Crippen molar-refractivity contribution in [2.45, 2.75) is 26.4 Å². The lowest BCUT2D eigenvalue weighted by Crippen LogP contribution is -2.31. The molecule has 0 aromatic rings. The first kappa shape index (κ1) is 10.6. The Labute approximate surface area is 67.6 Å². The Kier molecular flexibility index (Phi) is 5.07. The second-order valence-electron chi connectivity index (χ2n) is 2.91. The molecule has 0 aliphatic rings. The highest BCUT2D eigenvalue weighted by Crippen LogP contribution is 2.17. The van der Waals surface area contributed by atoms with Crippen molar-refractivity contribution in [3.8, 4) is 0 Å². The predicted molar refractivity (Wildman–Crippen MR) is 44.1 cm³/mol. The maximum atomic E-state index is 10.2. The minimum absolute atomic E-state index is 0.0116. The second kappa shape index (κ2) is 5.27. The number of nitrogens with two attached hydrogens (primary N) is 1. The summed E-state index contributed by atoms with van der Waals surface area (Å²) in [5.41, 5.74) is 5.41. The number of carbonyl (C=O) groups is 1. The largest absolute Gasteiger partial charge is 0.385 e. The molecule has 3 nitrogen and oxygen atoms in total. The van der Waals surface area contributed by atoms with Crippen molar-refractivity contribution in [2.24, 2.45) is 17.6 Å². The molecular formula is C8H17NO2. The highest BCUT2D eigenvalue weighted by Gasteiger charge is 2.21. The summed E-state index contributed by atoms with van der Waals surface area (Å²) in [6.45, 7) is 4.41. The third kappa shape index (κ3) is 2.99. The first-order valence-corrected chi connectivity index (χ1v) is 4.00. The molecule has 0 heterocycles. The normalized spacial score (nSPS) is 18.9. The van der Waals surface area contributed by atoms with Gasteiger partial charge >= 0.3 is 0 Å². The van der Waals surface area contributed by atoms with Crippen molar-refractivity contribution in [1.82, 2.24) is 0 Å². The zero-order valence-corrected chi connectivity index (χ0v) is 7.16. The fourth-order valence-electron chi connectivity index (χ4n) is 1.26. The number of hydrogen-bond acceptors (Lipinski definition) is 3. The fraction of sp³-hybridized carbons (Fsp3) is 0.875. The molecule has 0 rings (SSSR count). The molecule has 11 heavy (non-hydrogen) atoms. The zero-order valence-electron chi connectivity index (χ0n) is 7.16. The predicted octanol–water partition coefficient (Wildman–Crippen LogP) is 0.167. The van der Waals surface area contributed by atoms with Crippen molar-refractivity contribution in [2.75, 3.05) is 6.54 Å². The summed E-state index contributed by atoms with van der Waals surface area (Å²) < 4.78 is 0. The van der Waals surface area contributed by atoms with Crippen molar-refractivity contribution < 1.29 is 9.90 Å². The molecule has 0 amide bonds. The zero-order chi connectivity index (χ0) is 8.85. The van der Waals surface area contributed by atoms with Gasteiger partial charge < -0.3 is 15.6 Å². The van der Waals surface area contributed by atoms with Crippen LogP contribution in [0.2, 0.25) is 0 Å². The van der Waals surface area contributed by atoms with Crippen LogP contribution in [-0.2, 0) is 4.79 Å². The summed E-state index contributed by atoms with van der Waals surface area (Å²) in [6, 6.07) is 0. The van der Waals surface area contributed by atoms with Crippen LogP contribution in [0.1, 0.15) is 20.3 Å². The molecule has 0 saturated heterocycles. The van der Waals surface area contributed by atoms with Gasteiger partial charge in [0.1, 0.15) is 12.4 Å². The van der Waals surface area contributed by atoms with E-state index in [2.05, 4.69) is 0 Å². The lowest BCUT2D eigenvalue weighted by molar-refractivity contribution is -0.118. The summed E-state index contributed by atoms with van der Waals surface area (Å²) >= 11 is 0. The van der Waals surface area contributed by atoms with Gasteiger partial charge in [-0.1, -0.05) is 20.3 Å². The van der Waals surface area contributed by atoms with Crippen LogP contribution in [0, 0.1) is 11.8 Å². The number of aliphatic hydroxyl groups excluding tert-OH is 1. The first-order chi connectivity index (χ1) is 5.17. The SMILES string of the molecule is CCC(C(C)CN)[C@H](O)C=O. The van der Waals surface area contributed by atoms with Gasteiger partial charge in [0.15, 0.2) is 0 Å². The molecule has 3 atom stereocenters. The molecule has 0 aromatic carbocycles. The Balaban J connectivity index is 4.02. The summed E-state index contributed by atoms with van der Waals surface area (Å²) in [5.74, 6) is 0.220. The van der Waals surface area contributed by atoms with Crippen LogP contribution in [0.15, 0.2) is 0 Å². The summed E-state index contributed by atoms with van der Waals surface area (Å²) in [7, 11) is 0. The van der Waals surface area contributed by atoms with E-state index in [1.165, 1.54) is 0 Å². The first-order valence-electron chi connectivity index (χ1n) is 4.00.